The van der Waals surface area contributed by atoms with E-state index >= 15 is 0 Å². The Bertz CT molecular complexity index is 475. The summed E-state index contributed by atoms with van der Waals surface area (Å²) < 4.78 is 38.6. The van der Waals surface area contributed by atoms with Crippen molar-refractivity contribution in [2.75, 3.05) is 0 Å². The van der Waals surface area contributed by atoms with Gasteiger partial charge in [0.05, 0.1) is 11.0 Å². The van der Waals surface area contributed by atoms with E-state index in [1.807, 2.05) is 0 Å². The van der Waals surface area contributed by atoms with E-state index in [1.165, 1.54) is 19.1 Å². The number of halogens is 4. The van der Waals surface area contributed by atoms with Gasteiger partial charge in [-0.25, -0.2) is 0 Å². The van der Waals surface area contributed by atoms with E-state index in [0.717, 1.165) is 6.07 Å². The molecule has 0 N–H and O–H groups in total. The van der Waals surface area contributed by atoms with Gasteiger partial charge in [-0.2, -0.15) is 13.2 Å². The average Bonchev–Trinajstić information content (AvgIpc) is 2.96. The quantitative estimate of drug-likeness (QED) is 0.788. The van der Waals surface area contributed by atoms with Crippen LogP contribution in [-0.4, -0.2) is 5.78 Å². The fraction of sp³-hybridized carbons (Fsp3) is 0.417. The summed E-state index contributed by atoms with van der Waals surface area (Å²) in [6.07, 6.45) is -3.60. The van der Waals surface area contributed by atoms with Crippen molar-refractivity contribution in [2.45, 2.75) is 31.4 Å². The molecule has 0 aliphatic heterocycles. The second kappa shape index (κ2) is 3.73. The van der Waals surface area contributed by atoms with Crippen LogP contribution < -0.4 is 0 Å². The Kier molecular flexibility index (Phi) is 2.73. The van der Waals surface area contributed by atoms with Crippen LogP contribution in [0.1, 0.15) is 30.9 Å². The fourth-order valence-electron chi connectivity index (χ4n) is 2.15. The van der Waals surface area contributed by atoms with Gasteiger partial charge in [0.2, 0.25) is 0 Å². The minimum Gasteiger partial charge on any atom is -0.299 e. The summed E-state index contributed by atoms with van der Waals surface area (Å²) >= 11 is 5.85. The van der Waals surface area contributed by atoms with Crippen LogP contribution in [0.4, 0.5) is 13.2 Å². The standard InChI is InChI=1S/C12H10ClF3O/c1-7(17)11(5-6-11)10-8(12(14,15)16)3-2-4-9(10)13/h2-4H,5-6H2,1H3. The molecule has 1 aromatic carbocycles. The molecule has 0 bridgehead atoms. The number of carbonyl (C=O) groups excluding carboxylic acids is 1. The van der Waals surface area contributed by atoms with E-state index in [-0.39, 0.29) is 16.4 Å². The Labute approximate surface area is 102 Å². The number of ketones is 1. The zero-order valence-electron chi connectivity index (χ0n) is 9.07. The van der Waals surface area contributed by atoms with Crippen molar-refractivity contribution >= 4 is 17.4 Å². The molecule has 1 nitrogen and oxygen atoms in total. The zero-order chi connectivity index (χ0) is 12.8. The lowest BCUT2D eigenvalue weighted by molar-refractivity contribution is -0.138. The Balaban J connectivity index is 2.65. The molecule has 1 fully saturated rings. The number of alkyl halides is 3. The summed E-state index contributed by atoms with van der Waals surface area (Å²) in [5, 5.41) is 0.0209. The first-order valence-electron chi connectivity index (χ1n) is 5.16. The Hall–Kier alpha value is -1.03. The third-order valence-electron chi connectivity index (χ3n) is 3.22. The molecule has 1 aliphatic carbocycles. The second-order valence-electron chi connectivity index (χ2n) is 4.30. The predicted molar refractivity (Wildman–Crippen MR) is 58.0 cm³/mol. The van der Waals surface area contributed by atoms with Crippen LogP contribution in [-0.2, 0) is 16.4 Å². The van der Waals surface area contributed by atoms with Crippen LogP contribution in [0.5, 0.6) is 0 Å². The van der Waals surface area contributed by atoms with E-state index in [4.69, 9.17) is 11.6 Å². The van der Waals surface area contributed by atoms with Gasteiger partial charge in [-0.3, -0.25) is 4.79 Å². The molecule has 0 radical (unpaired) electrons. The average molecular weight is 263 g/mol. The van der Waals surface area contributed by atoms with Gasteiger partial charge < -0.3 is 0 Å². The first kappa shape index (κ1) is 12.4. The highest BCUT2D eigenvalue weighted by Crippen LogP contribution is 2.54. The van der Waals surface area contributed by atoms with Crippen LogP contribution in [0.15, 0.2) is 18.2 Å². The minimum absolute atomic E-state index is 0.0209. The largest absolute Gasteiger partial charge is 0.416 e. The van der Waals surface area contributed by atoms with Gasteiger partial charge in [-0.1, -0.05) is 17.7 Å². The molecule has 2 rings (SSSR count). The van der Waals surface area contributed by atoms with Gasteiger partial charge in [0.25, 0.3) is 0 Å². The van der Waals surface area contributed by atoms with Crippen molar-refractivity contribution in [3.63, 3.8) is 0 Å². The monoisotopic (exact) mass is 262 g/mol. The normalized spacial score (nSPS) is 17.9. The van der Waals surface area contributed by atoms with Crippen LogP contribution in [0.3, 0.4) is 0 Å². The number of rotatable bonds is 2. The van der Waals surface area contributed by atoms with Gasteiger partial charge in [-0.05, 0) is 37.5 Å². The molecule has 0 aromatic heterocycles. The lowest BCUT2D eigenvalue weighted by atomic mass is 9.88. The molecule has 0 unspecified atom stereocenters. The molecule has 5 heteroatoms. The van der Waals surface area contributed by atoms with Crippen LogP contribution >= 0.6 is 11.6 Å². The maximum Gasteiger partial charge on any atom is 0.416 e. The van der Waals surface area contributed by atoms with Crippen molar-refractivity contribution in [2.24, 2.45) is 0 Å². The zero-order valence-corrected chi connectivity index (χ0v) is 9.82. The highest BCUT2D eigenvalue weighted by atomic mass is 35.5. The van der Waals surface area contributed by atoms with Crippen molar-refractivity contribution in [1.82, 2.24) is 0 Å². The summed E-state index contributed by atoms with van der Waals surface area (Å²) in [5.41, 5.74) is -1.86. The van der Waals surface area contributed by atoms with E-state index in [1.54, 1.807) is 0 Å². The topological polar surface area (TPSA) is 17.1 Å². The van der Waals surface area contributed by atoms with Crippen molar-refractivity contribution in [3.8, 4) is 0 Å². The SMILES string of the molecule is CC(=O)C1(c2c(Cl)cccc2C(F)(F)F)CC1. The van der Waals surface area contributed by atoms with E-state index in [0.29, 0.717) is 12.8 Å². The lowest BCUT2D eigenvalue weighted by Gasteiger charge is -2.20. The van der Waals surface area contributed by atoms with Gasteiger partial charge in [0.1, 0.15) is 5.78 Å². The van der Waals surface area contributed by atoms with Crippen LogP contribution in [0.2, 0.25) is 5.02 Å². The van der Waals surface area contributed by atoms with Crippen molar-refractivity contribution in [3.05, 3.63) is 34.3 Å². The molecular formula is C12H10ClF3O. The molecule has 1 aromatic rings. The Morgan fingerprint density at radius 1 is 1.35 bits per heavy atom. The molecule has 92 valence electrons. The molecule has 0 amide bonds. The third-order valence-corrected chi connectivity index (χ3v) is 3.54. The molecule has 1 aliphatic rings. The Morgan fingerprint density at radius 2 is 1.94 bits per heavy atom. The summed E-state index contributed by atoms with van der Waals surface area (Å²) in [6, 6.07) is 3.63. The molecule has 0 saturated heterocycles. The van der Waals surface area contributed by atoms with Crippen molar-refractivity contribution < 1.29 is 18.0 Å². The molecule has 1 saturated carbocycles. The highest BCUT2D eigenvalue weighted by molar-refractivity contribution is 6.32. The van der Waals surface area contributed by atoms with Gasteiger partial charge in [-0.15, -0.1) is 0 Å². The van der Waals surface area contributed by atoms with Crippen LogP contribution in [0.25, 0.3) is 0 Å². The van der Waals surface area contributed by atoms with E-state index in [9.17, 15) is 18.0 Å². The summed E-state index contributed by atoms with van der Waals surface area (Å²) in [6.45, 7) is 1.32. The molecule has 0 spiro atoms. The first-order chi connectivity index (χ1) is 7.79. The summed E-state index contributed by atoms with van der Waals surface area (Å²) in [4.78, 5) is 11.5. The summed E-state index contributed by atoms with van der Waals surface area (Å²) in [5.74, 6) is -0.254. The molecule has 17 heavy (non-hydrogen) atoms. The summed E-state index contributed by atoms with van der Waals surface area (Å²) in [7, 11) is 0. The Morgan fingerprint density at radius 3 is 2.35 bits per heavy atom. The smallest absolute Gasteiger partial charge is 0.299 e. The van der Waals surface area contributed by atoms with Gasteiger partial charge >= 0.3 is 6.18 Å². The number of Topliss-reactive ketones (excluding diaryl/α,β-unsaturated/α-hetero) is 1. The maximum atomic E-state index is 12.9. The van der Waals surface area contributed by atoms with E-state index < -0.39 is 17.2 Å². The van der Waals surface area contributed by atoms with Gasteiger partial charge in [0, 0.05) is 5.02 Å². The third kappa shape index (κ3) is 1.95. The minimum atomic E-state index is -4.48. The first-order valence-corrected chi connectivity index (χ1v) is 5.54. The van der Waals surface area contributed by atoms with E-state index in [2.05, 4.69) is 0 Å². The number of hydrogen-bond donors (Lipinski definition) is 0. The van der Waals surface area contributed by atoms with Crippen molar-refractivity contribution in [1.29, 1.82) is 0 Å². The molecule has 0 heterocycles. The number of carbonyl (C=O) groups is 1. The fourth-order valence-corrected chi connectivity index (χ4v) is 2.51. The highest BCUT2D eigenvalue weighted by Gasteiger charge is 2.53. The lowest BCUT2D eigenvalue weighted by Crippen LogP contribution is -2.23. The van der Waals surface area contributed by atoms with Crippen LogP contribution in [0, 0.1) is 0 Å². The molecule has 0 atom stereocenters. The predicted octanol–water partition coefficient (Wildman–Crippen LogP) is 3.98. The number of benzene rings is 1. The number of hydrogen-bond acceptors (Lipinski definition) is 1. The second-order valence-corrected chi connectivity index (χ2v) is 4.71. The van der Waals surface area contributed by atoms with Gasteiger partial charge in [0.15, 0.2) is 0 Å². The molecular weight excluding hydrogens is 253 g/mol. The maximum absolute atomic E-state index is 12.9.